The fourth-order valence-electron chi connectivity index (χ4n) is 3.41. The molecule has 0 spiro atoms. The zero-order valence-electron chi connectivity index (χ0n) is 10.9. The summed E-state index contributed by atoms with van der Waals surface area (Å²) in [6.07, 6.45) is 1.65. The van der Waals surface area contributed by atoms with Crippen LogP contribution in [0.2, 0.25) is 0 Å². The van der Waals surface area contributed by atoms with Crippen LogP contribution in [0.1, 0.15) is 18.4 Å². The number of anilines is 1. The molecule has 2 fully saturated rings. The third kappa shape index (κ3) is 2.23. The Morgan fingerprint density at radius 1 is 1.40 bits per heavy atom. The van der Waals surface area contributed by atoms with Crippen molar-refractivity contribution in [1.82, 2.24) is 0 Å². The molecule has 3 rings (SSSR count). The number of hydrogen-bond donors (Lipinski definition) is 2. The van der Waals surface area contributed by atoms with E-state index < -0.39 is 0 Å². The molecule has 0 bridgehead atoms. The van der Waals surface area contributed by atoms with Gasteiger partial charge in [-0.05, 0) is 46.8 Å². The quantitative estimate of drug-likeness (QED) is 0.797. The molecular weight excluding hydrogens is 343 g/mol. The molecule has 1 aromatic rings. The monoisotopic (exact) mass is 358 g/mol. The van der Waals surface area contributed by atoms with Crippen molar-refractivity contribution in [3.05, 3.63) is 28.0 Å². The highest BCUT2D eigenvalue weighted by atomic mass is 79.9. The minimum atomic E-state index is -0.329. The number of nitrogens with two attached hydrogens (primary N) is 1. The van der Waals surface area contributed by atoms with E-state index in [1.165, 1.54) is 0 Å². The fourth-order valence-corrected chi connectivity index (χ4v) is 4.26. The van der Waals surface area contributed by atoms with Crippen LogP contribution in [0, 0.1) is 17.7 Å². The summed E-state index contributed by atoms with van der Waals surface area (Å²) in [5.41, 5.74) is 6.64. The van der Waals surface area contributed by atoms with E-state index in [4.69, 9.17) is 18.0 Å². The molecule has 3 N–H and O–H groups in total. The molecule has 1 saturated carbocycles. The molecule has 1 aliphatic carbocycles. The van der Waals surface area contributed by atoms with Crippen molar-refractivity contribution in [3.8, 4) is 0 Å². The summed E-state index contributed by atoms with van der Waals surface area (Å²) in [7, 11) is 0. The topological polar surface area (TPSA) is 49.5 Å². The Bertz CT molecular complexity index is 568. The molecule has 1 aromatic carbocycles. The van der Waals surface area contributed by atoms with Gasteiger partial charge < -0.3 is 15.7 Å². The maximum absolute atomic E-state index is 14.5. The second kappa shape index (κ2) is 5.24. The van der Waals surface area contributed by atoms with E-state index in [1.54, 1.807) is 12.1 Å². The summed E-state index contributed by atoms with van der Waals surface area (Å²) in [5.74, 6) is 0.409. The van der Waals surface area contributed by atoms with Gasteiger partial charge in [0.2, 0.25) is 0 Å². The van der Waals surface area contributed by atoms with Crippen LogP contribution in [0.5, 0.6) is 0 Å². The van der Waals surface area contributed by atoms with Gasteiger partial charge in [0.15, 0.2) is 5.82 Å². The Morgan fingerprint density at radius 3 is 2.80 bits per heavy atom. The minimum absolute atomic E-state index is 0.177. The zero-order valence-corrected chi connectivity index (χ0v) is 13.3. The second-order valence-corrected chi connectivity index (χ2v) is 6.83. The molecule has 108 valence electrons. The Morgan fingerprint density at radius 2 is 2.15 bits per heavy atom. The molecule has 1 aliphatic heterocycles. The molecule has 3 nitrogen and oxygen atoms in total. The Labute approximate surface area is 131 Å². The number of rotatable bonds is 2. The van der Waals surface area contributed by atoms with Gasteiger partial charge in [0.25, 0.3) is 0 Å². The van der Waals surface area contributed by atoms with Crippen molar-refractivity contribution in [2.24, 2.45) is 17.6 Å². The molecule has 3 atom stereocenters. The average molecular weight is 359 g/mol. The summed E-state index contributed by atoms with van der Waals surface area (Å²) in [4.78, 5) is 2.19. The van der Waals surface area contributed by atoms with Gasteiger partial charge in [-0.3, -0.25) is 0 Å². The molecule has 0 aromatic heterocycles. The van der Waals surface area contributed by atoms with Gasteiger partial charge in [-0.1, -0.05) is 12.2 Å². The van der Waals surface area contributed by atoms with Crippen molar-refractivity contribution in [3.63, 3.8) is 0 Å². The van der Waals surface area contributed by atoms with Gasteiger partial charge in [0.1, 0.15) is 4.99 Å². The molecule has 3 unspecified atom stereocenters. The van der Waals surface area contributed by atoms with Gasteiger partial charge in [0, 0.05) is 24.6 Å². The molecule has 1 saturated heterocycles. The molecule has 2 aliphatic rings. The molecule has 0 amide bonds. The Hall–Kier alpha value is -0.720. The van der Waals surface area contributed by atoms with Crippen LogP contribution < -0.4 is 10.6 Å². The number of benzene rings is 1. The zero-order chi connectivity index (χ0) is 14.4. The highest BCUT2D eigenvalue weighted by molar-refractivity contribution is 9.10. The third-order valence-corrected chi connectivity index (χ3v) is 5.48. The standard InChI is InChI=1S/C14H16BrFN2OS/c15-12-8(14(17)20)2-3-10(13(12)16)18-5-7-1-4-11(19)9(7)6-18/h2-3,7,9,11,19H,1,4-6H2,(H2,17,20). The average Bonchev–Trinajstić information content (AvgIpc) is 2.95. The van der Waals surface area contributed by atoms with E-state index in [2.05, 4.69) is 15.9 Å². The van der Waals surface area contributed by atoms with Gasteiger partial charge in [0.05, 0.1) is 16.3 Å². The van der Waals surface area contributed by atoms with Crippen molar-refractivity contribution in [2.75, 3.05) is 18.0 Å². The number of thiocarbonyl (C=S) groups is 1. The first-order valence-electron chi connectivity index (χ1n) is 6.70. The fraction of sp³-hybridized carbons (Fsp3) is 0.500. The summed E-state index contributed by atoms with van der Waals surface area (Å²) in [6.45, 7) is 1.51. The molecule has 6 heteroatoms. The summed E-state index contributed by atoms with van der Waals surface area (Å²) in [5, 5.41) is 9.94. The Balaban J connectivity index is 1.89. The van der Waals surface area contributed by atoms with Crippen LogP contribution in [0.3, 0.4) is 0 Å². The lowest BCUT2D eigenvalue weighted by molar-refractivity contribution is 0.133. The van der Waals surface area contributed by atoms with Crippen LogP contribution in [0.15, 0.2) is 16.6 Å². The summed E-state index contributed by atoms with van der Waals surface area (Å²) < 4.78 is 14.8. The van der Waals surface area contributed by atoms with Crippen LogP contribution in [0.25, 0.3) is 0 Å². The number of aliphatic hydroxyl groups is 1. The van der Waals surface area contributed by atoms with Gasteiger partial charge in [-0.2, -0.15) is 0 Å². The predicted octanol–water partition coefficient (Wildman–Crippen LogP) is 2.43. The smallest absolute Gasteiger partial charge is 0.161 e. The normalized spacial score (nSPS) is 28.8. The SMILES string of the molecule is NC(=S)c1ccc(N2CC3CCC(O)C3C2)c(F)c1Br. The number of hydrogen-bond acceptors (Lipinski definition) is 3. The third-order valence-electron chi connectivity index (χ3n) is 4.49. The van der Waals surface area contributed by atoms with E-state index in [0.29, 0.717) is 28.2 Å². The summed E-state index contributed by atoms with van der Waals surface area (Å²) >= 11 is 8.14. The van der Waals surface area contributed by atoms with E-state index in [1.807, 2.05) is 4.90 Å². The largest absolute Gasteiger partial charge is 0.393 e. The maximum atomic E-state index is 14.5. The van der Waals surface area contributed by atoms with Crippen molar-refractivity contribution >= 4 is 38.8 Å². The number of fused-ring (bicyclic) bond motifs is 1. The van der Waals surface area contributed by atoms with E-state index >= 15 is 0 Å². The predicted molar refractivity (Wildman–Crippen MR) is 84.4 cm³/mol. The Kier molecular flexibility index (Phi) is 3.73. The van der Waals surface area contributed by atoms with Crippen molar-refractivity contribution in [1.29, 1.82) is 0 Å². The molecule has 0 radical (unpaired) electrons. The molecule has 20 heavy (non-hydrogen) atoms. The van der Waals surface area contributed by atoms with Crippen molar-refractivity contribution < 1.29 is 9.50 Å². The van der Waals surface area contributed by atoms with Gasteiger partial charge in [-0.15, -0.1) is 0 Å². The van der Waals surface area contributed by atoms with Crippen molar-refractivity contribution in [2.45, 2.75) is 18.9 Å². The summed E-state index contributed by atoms with van der Waals surface area (Å²) in [6, 6.07) is 3.47. The first-order chi connectivity index (χ1) is 9.49. The van der Waals surface area contributed by atoms with Crippen LogP contribution in [-0.2, 0) is 0 Å². The van der Waals surface area contributed by atoms with E-state index in [-0.39, 0.29) is 22.8 Å². The number of aliphatic hydroxyl groups excluding tert-OH is 1. The van der Waals surface area contributed by atoms with E-state index in [0.717, 1.165) is 19.4 Å². The highest BCUT2D eigenvalue weighted by Crippen LogP contribution is 2.41. The minimum Gasteiger partial charge on any atom is -0.393 e. The first-order valence-corrected chi connectivity index (χ1v) is 7.90. The van der Waals surface area contributed by atoms with Gasteiger partial charge in [-0.25, -0.2) is 4.39 Å². The lowest BCUT2D eigenvalue weighted by Crippen LogP contribution is -2.25. The molecule has 1 heterocycles. The second-order valence-electron chi connectivity index (χ2n) is 5.60. The highest BCUT2D eigenvalue weighted by Gasteiger charge is 2.42. The lowest BCUT2D eigenvalue weighted by atomic mass is 10.00. The number of halogens is 2. The van der Waals surface area contributed by atoms with Crippen LogP contribution in [-0.4, -0.2) is 29.3 Å². The van der Waals surface area contributed by atoms with E-state index in [9.17, 15) is 9.50 Å². The van der Waals surface area contributed by atoms with Gasteiger partial charge >= 0.3 is 0 Å². The lowest BCUT2D eigenvalue weighted by Gasteiger charge is -2.22. The number of nitrogens with zero attached hydrogens (tertiary/aromatic N) is 1. The first kappa shape index (κ1) is 14.2. The van der Waals surface area contributed by atoms with Crippen LogP contribution >= 0.6 is 28.1 Å². The molecular formula is C14H16BrFN2OS. The van der Waals surface area contributed by atoms with Crippen LogP contribution in [0.4, 0.5) is 10.1 Å². The maximum Gasteiger partial charge on any atom is 0.161 e.